The lowest BCUT2D eigenvalue weighted by Crippen LogP contribution is -2.30. The second-order valence-electron chi connectivity index (χ2n) is 5.79. The molecule has 132 valence electrons. The number of methoxy groups -OCH3 is 1. The van der Waals surface area contributed by atoms with E-state index in [1.165, 1.54) is 4.90 Å². The van der Waals surface area contributed by atoms with E-state index in [-0.39, 0.29) is 12.7 Å². The van der Waals surface area contributed by atoms with Gasteiger partial charge in [0.2, 0.25) is 6.79 Å². The van der Waals surface area contributed by atoms with Crippen molar-refractivity contribution in [3.05, 3.63) is 53.7 Å². The van der Waals surface area contributed by atoms with Gasteiger partial charge in [-0.3, -0.25) is 9.69 Å². The highest BCUT2D eigenvalue weighted by Gasteiger charge is 2.37. The number of benzene rings is 2. The molecule has 0 spiro atoms. The number of ether oxygens (including phenoxy) is 3. The van der Waals surface area contributed by atoms with Gasteiger partial charge in [0.1, 0.15) is 11.4 Å². The number of fused-ring (bicyclic) bond motifs is 1. The fourth-order valence-electron chi connectivity index (χ4n) is 2.94. The fraction of sp³-hybridized carbons (Fsp3) is 0.158. The van der Waals surface area contributed by atoms with Crippen LogP contribution in [0.5, 0.6) is 17.2 Å². The number of carbonyl (C=O) groups is 1. The summed E-state index contributed by atoms with van der Waals surface area (Å²) in [7, 11) is 3.34. The van der Waals surface area contributed by atoms with Crippen LogP contribution in [0.2, 0.25) is 0 Å². The van der Waals surface area contributed by atoms with Gasteiger partial charge < -0.3 is 19.1 Å². The van der Waals surface area contributed by atoms with Crippen molar-refractivity contribution in [2.24, 2.45) is 0 Å². The van der Waals surface area contributed by atoms with Crippen molar-refractivity contribution >= 4 is 35.0 Å². The average Bonchev–Trinajstić information content (AvgIpc) is 3.20. The highest BCUT2D eigenvalue weighted by atomic mass is 32.1. The van der Waals surface area contributed by atoms with Crippen molar-refractivity contribution in [1.82, 2.24) is 4.90 Å². The molecule has 4 rings (SSSR count). The third-order valence-corrected chi connectivity index (χ3v) is 4.75. The van der Waals surface area contributed by atoms with Gasteiger partial charge in [0.05, 0.1) is 12.8 Å². The van der Waals surface area contributed by atoms with Crippen molar-refractivity contribution in [2.45, 2.75) is 0 Å². The summed E-state index contributed by atoms with van der Waals surface area (Å²) in [6.45, 7) is 0.170. The fourth-order valence-corrected chi connectivity index (χ4v) is 3.22. The molecule has 0 aromatic heterocycles. The Labute approximate surface area is 156 Å². The number of rotatable bonds is 3. The van der Waals surface area contributed by atoms with Crippen molar-refractivity contribution < 1.29 is 19.0 Å². The first kappa shape index (κ1) is 16.4. The summed E-state index contributed by atoms with van der Waals surface area (Å²) >= 11 is 5.47. The Balaban J connectivity index is 1.76. The molecule has 2 aromatic rings. The Morgan fingerprint density at radius 2 is 1.85 bits per heavy atom. The lowest BCUT2D eigenvalue weighted by molar-refractivity contribution is -0.114. The predicted octanol–water partition coefficient (Wildman–Crippen LogP) is 3.03. The van der Waals surface area contributed by atoms with Gasteiger partial charge in [-0.25, -0.2) is 0 Å². The predicted molar refractivity (Wildman–Crippen MR) is 101 cm³/mol. The van der Waals surface area contributed by atoms with Crippen LogP contribution in [0.4, 0.5) is 5.69 Å². The number of hydrogen-bond donors (Lipinski definition) is 0. The van der Waals surface area contributed by atoms with Crippen LogP contribution in [0.25, 0.3) is 6.08 Å². The number of amides is 1. The van der Waals surface area contributed by atoms with Crippen LogP contribution in [-0.4, -0.2) is 36.9 Å². The second kappa shape index (κ2) is 6.34. The Morgan fingerprint density at radius 1 is 1.15 bits per heavy atom. The maximum absolute atomic E-state index is 13.0. The Kier molecular flexibility index (Phi) is 4.00. The molecule has 0 unspecified atom stereocenters. The van der Waals surface area contributed by atoms with E-state index in [9.17, 15) is 4.79 Å². The quantitative estimate of drug-likeness (QED) is 0.613. The zero-order chi connectivity index (χ0) is 18.3. The normalized spacial score (nSPS) is 17.4. The Bertz CT molecular complexity index is 927. The smallest absolute Gasteiger partial charge is 0.281 e. The van der Waals surface area contributed by atoms with Gasteiger partial charge in [0.25, 0.3) is 5.91 Å². The monoisotopic (exact) mass is 368 g/mol. The number of carbonyl (C=O) groups excluding carboxylic acids is 1. The molecule has 0 bridgehead atoms. The molecule has 1 saturated heterocycles. The molecule has 2 aliphatic heterocycles. The van der Waals surface area contributed by atoms with Crippen molar-refractivity contribution in [1.29, 1.82) is 0 Å². The summed E-state index contributed by atoms with van der Waals surface area (Å²) in [5.74, 6) is 1.64. The van der Waals surface area contributed by atoms with E-state index < -0.39 is 0 Å². The molecule has 7 heteroatoms. The maximum atomic E-state index is 13.0. The number of anilines is 1. The first-order valence-corrected chi connectivity index (χ1v) is 8.37. The Morgan fingerprint density at radius 3 is 2.54 bits per heavy atom. The third kappa shape index (κ3) is 2.57. The topological polar surface area (TPSA) is 51.2 Å². The molecular formula is C19H16N2O4S. The van der Waals surface area contributed by atoms with Crippen molar-refractivity contribution in [3.63, 3.8) is 0 Å². The lowest BCUT2D eigenvalue weighted by Gasteiger charge is -2.16. The molecule has 0 radical (unpaired) electrons. The minimum Gasteiger partial charge on any atom is -0.496 e. The van der Waals surface area contributed by atoms with Crippen LogP contribution in [0.1, 0.15) is 5.56 Å². The minimum atomic E-state index is -0.191. The molecule has 2 heterocycles. The van der Waals surface area contributed by atoms with Crippen LogP contribution in [0.3, 0.4) is 0 Å². The van der Waals surface area contributed by atoms with Crippen LogP contribution < -0.4 is 19.1 Å². The molecule has 1 amide bonds. The highest BCUT2D eigenvalue weighted by Crippen LogP contribution is 2.39. The van der Waals surface area contributed by atoms with E-state index in [1.807, 2.05) is 30.3 Å². The molecule has 0 aliphatic carbocycles. The minimum absolute atomic E-state index is 0.170. The van der Waals surface area contributed by atoms with E-state index in [0.717, 1.165) is 5.69 Å². The van der Waals surface area contributed by atoms with Crippen molar-refractivity contribution in [2.75, 3.05) is 25.9 Å². The largest absolute Gasteiger partial charge is 0.496 e. The number of para-hydroxylation sites is 1. The number of likely N-dealkylation sites (N-methyl/N-ethyl adjacent to an activating group) is 1. The molecule has 2 aromatic carbocycles. The highest BCUT2D eigenvalue weighted by molar-refractivity contribution is 7.80. The molecule has 6 nitrogen and oxygen atoms in total. The summed E-state index contributed by atoms with van der Waals surface area (Å²) in [5, 5.41) is 0.423. The van der Waals surface area contributed by atoms with Gasteiger partial charge in [-0.15, -0.1) is 0 Å². The van der Waals surface area contributed by atoms with Gasteiger partial charge in [0.15, 0.2) is 16.6 Å². The SMILES string of the molecule is COc1cc2c(cc1/C=C1/C(=O)N(c3ccccc3)C(=S)N1C)OCO2. The van der Waals surface area contributed by atoms with Crippen LogP contribution in [0, 0.1) is 0 Å². The number of hydrogen-bond acceptors (Lipinski definition) is 5. The summed E-state index contributed by atoms with van der Waals surface area (Å²) in [6, 6.07) is 12.9. The standard InChI is InChI=1S/C19H16N2O4S/c1-20-14(18(22)21(19(20)26)13-6-4-3-5-7-13)8-12-9-16-17(25-11-24-16)10-15(12)23-2/h3-10H,11H2,1-2H3/b14-8-. The summed E-state index contributed by atoms with van der Waals surface area (Å²) in [4.78, 5) is 16.2. The molecule has 26 heavy (non-hydrogen) atoms. The van der Waals surface area contributed by atoms with Gasteiger partial charge >= 0.3 is 0 Å². The molecule has 0 saturated carbocycles. The zero-order valence-corrected chi connectivity index (χ0v) is 15.1. The average molecular weight is 368 g/mol. The summed E-state index contributed by atoms with van der Waals surface area (Å²) in [6.07, 6.45) is 1.75. The molecular weight excluding hydrogens is 352 g/mol. The third-order valence-electron chi connectivity index (χ3n) is 4.29. The number of nitrogens with zero attached hydrogens (tertiary/aromatic N) is 2. The molecule has 1 fully saturated rings. The van der Waals surface area contributed by atoms with E-state index >= 15 is 0 Å². The second-order valence-corrected chi connectivity index (χ2v) is 6.16. The van der Waals surface area contributed by atoms with E-state index in [4.69, 9.17) is 26.4 Å². The van der Waals surface area contributed by atoms with Crippen LogP contribution in [-0.2, 0) is 4.79 Å². The lowest BCUT2D eigenvalue weighted by atomic mass is 10.1. The molecule has 2 aliphatic rings. The molecule has 0 N–H and O–H groups in total. The first-order valence-electron chi connectivity index (χ1n) is 7.96. The van der Waals surface area contributed by atoms with Gasteiger partial charge in [-0.2, -0.15) is 0 Å². The van der Waals surface area contributed by atoms with E-state index in [0.29, 0.717) is 33.6 Å². The maximum Gasteiger partial charge on any atom is 0.281 e. The van der Waals surface area contributed by atoms with Crippen LogP contribution in [0.15, 0.2) is 48.2 Å². The van der Waals surface area contributed by atoms with Crippen molar-refractivity contribution in [3.8, 4) is 17.2 Å². The van der Waals surface area contributed by atoms with Crippen LogP contribution >= 0.6 is 12.2 Å². The van der Waals surface area contributed by atoms with Gasteiger partial charge in [0, 0.05) is 18.7 Å². The first-order chi connectivity index (χ1) is 12.6. The summed E-state index contributed by atoms with van der Waals surface area (Å²) in [5.41, 5.74) is 1.90. The zero-order valence-electron chi connectivity index (χ0n) is 14.3. The van der Waals surface area contributed by atoms with E-state index in [2.05, 4.69) is 0 Å². The Hall–Kier alpha value is -3.06. The van der Waals surface area contributed by atoms with Gasteiger partial charge in [-0.1, -0.05) is 18.2 Å². The van der Waals surface area contributed by atoms with E-state index in [1.54, 1.807) is 37.3 Å². The summed E-state index contributed by atoms with van der Waals surface area (Å²) < 4.78 is 16.2. The molecule has 0 atom stereocenters. The van der Waals surface area contributed by atoms with Gasteiger partial charge in [-0.05, 0) is 36.5 Å². The number of thiocarbonyl (C=S) groups is 1.